The average Bonchev–Trinajstić information content (AvgIpc) is 2.64. The van der Waals surface area contributed by atoms with Crippen LogP contribution in [0, 0.1) is 0 Å². The minimum atomic E-state index is -1.35. The molecule has 1 N–H and O–H groups in total. The Labute approximate surface area is 105 Å². The van der Waals surface area contributed by atoms with E-state index in [1.165, 1.54) is 16.7 Å². The number of β-lactam (4-membered cyclic amide) rings is 1. The molecule has 1 saturated heterocycles. The van der Waals surface area contributed by atoms with E-state index in [1.807, 2.05) is 0 Å². The molecule has 17 heavy (non-hydrogen) atoms. The summed E-state index contributed by atoms with van der Waals surface area (Å²) in [6.07, 6.45) is 1.67. The molecule has 0 saturated carbocycles. The van der Waals surface area contributed by atoms with Crippen LogP contribution in [0.1, 0.15) is 13.8 Å². The van der Waals surface area contributed by atoms with Crippen LogP contribution >= 0.6 is 11.8 Å². The summed E-state index contributed by atoms with van der Waals surface area (Å²) in [7, 11) is -1.35. The molecule has 2 aliphatic rings. The molecule has 0 spiro atoms. The van der Waals surface area contributed by atoms with Crippen molar-refractivity contribution in [1.29, 1.82) is 0 Å². The van der Waals surface area contributed by atoms with Gasteiger partial charge < -0.3 is 5.11 Å². The van der Waals surface area contributed by atoms with Crippen molar-refractivity contribution in [3.05, 3.63) is 21.6 Å². The molecule has 2 aliphatic heterocycles. The van der Waals surface area contributed by atoms with Crippen molar-refractivity contribution >= 4 is 34.4 Å². The van der Waals surface area contributed by atoms with Gasteiger partial charge in [0.25, 0.3) is 5.91 Å². The molecule has 0 aliphatic carbocycles. The summed E-state index contributed by atoms with van der Waals surface area (Å²) in [6, 6.07) is 0. The fraction of sp³-hybridized carbons (Fsp3) is 0.400. The highest BCUT2D eigenvalue weighted by Gasteiger charge is 2.53. The highest BCUT2D eigenvalue weighted by atomic mass is 32.2. The molecule has 2 unspecified atom stereocenters. The van der Waals surface area contributed by atoms with Crippen LogP contribution in [0.2, 0.25) is 0 Å². The van der Waals surface area contributed by atoms with Crippen molar-refractivity contribution in [1.82, 2.24) is 4.90 Å². The third kappa shape index (κ3) is 1.64. The fourth-order valence-corrected chi connectivity index (χ4v) is 4.65. The second kappa shape index (κ2) is 4.30. The van der Waals surface area contributed by atoms with Crippen molar-refractivity contribution in [3.63, 3.8) is 0 Å². The first-order valence-electron chi connectivity index (χ1n) is 5.05. The Hall–Kier alpha value is -1.08. The Bertz CT molecular complexity index is 493. The van der Waals surface area contributed by atoms with Crippen molar-refractivity contribution in [3.8, 4) is 0 Å². The topological polar surface area (TPSA) is 74.7 Å². The Morgan fingerprint density at radius 2 is 2.29 bits per heavy atom. The molecule has 2 heterocycles. The van der Waals surface area contributed by atoms with Gasteiger partial charge in [0, 0.05) is 11.3 Å². The third-order valence-corrected chi connectivity index (χ3v) is 5.67. The van der Waals surface area contributed by atoms with Crippen LogP contribution in [0.5, 0.6) is 0 Å². The van der Waals surface area contributed by atoms with E-state index in [1.54, 1.807) is 19.9 Å². The molecule has 0 radical (unpaired) electrons. The quantitative estimate of drug-likeness (QED) is 0.610. The van der Waals surface area contributed by atoms with Crippen LogP contribution in [0.3, 0.4) is 0 Å². The lowest BCUT2D eigenvalue weighted by molar-refractivity contribution is -0.141. The number of aliphatic carboxylic acids is 1. The van der Waals surface area contributed by atoms with Gasteiger partial charge in [-0.1, -0.05) is 24.8 Å². The lowest BCUT2D eigenvalue weighted by Gasteiger charge is -2.36. The average molecular weight is 273 g/mol. The van der Waals surface area contributed by atoms with Crippen molar-refractivity contribution in [2.75, 3.05) is 5.75 Å². The first-order chi connectivity index (χ1) is 8.02. The predicted molar refractivity (Wildman–Crippen MR) is 65.3 cm³/mol. The number of carbonyl (C=O) groups excluding carboxylic acids is 1. The minimum Gasteiger partial charge on any atom is -0.477 e. The second-order valence-electron chi connectivity index (χ2n) is 3.46. The van der Waals surface area contributed by atoms with Crippen molar-refractivity contribution < 1.29 is 18.9 Å². The maximum absolute atomic E-state index is 11.8. The molecule has 0 aromatic heterocycles. The molecule has 2 rings (SSSR count). The van der Waals surface area contributed by atoms with E-state index >= 15 is 0 Å². The monoisotopic (exact) mass is 273 g/mol. The lowest BCUT2D eigenvalue weighted by atomic mass is 10.1. The molecule has 1 fully saturated rings. The minimum absolute atomic E-state index is 0.115. The molecule has 7 heteroatoms. The van der Waals surface area contributed by atoms with E-state index in [4.69, 9.17) is 5.11 Å². The summed E-state index contributed by atoms with van der Waals surface area (Å²) in [5, 5.41) is 8.81. The largest absolute Gasteiger partial charge is 0.477 e. The summed E-state index contributed by atoms with van der Waals surface area (Å²) in [5.41, 5.74) is 0.465. The zero-order valence-corrected chi connectivity index (χ0v) is 10.9. The zero-order valence-electron chi connectivity index (χ0n) is 9.30. The first-order valence-corrected chi connectivity index (χ1v) is 7.25. The maximum atomic E-state index is 11.8. The smallest absolute Gasteiger partial charge is 0.354 e. The summed E-state index contributed by atoms with van der Waals surface area (Å²) < 4.78 is 12.1. The van der Waals surface area contributed by atoms with E-state index in [9.17, 15) is 13.8 Å². The van der Waals surface area contributed by atoms with E-state index in [0.717, 1.165) is 0 Å². The zero-order chi connectivity index (χ0) is 12.7. The summed E-state index contributed by atoms with van der Waals surface area (Å²) >= 11 is 1.20. The summed E-state index contributed by atoms with van der Waals surface area (Å²) in [4.78, 5) is 24.1. The molecule has 1 amide bonds. The Morgan fingerprint density at radius 1 is 1.65 bits per heavy atom. The molecule has 2 atom stereocenters. The van der Waals surface area contributed by atoms with Crippen molar-refractivity contribution in [2.45, 2.75) is 19.2 Å². The predicted octanol–water partition coefficient (Wildman–Crippen LogP) is 0.870. The maximum Gasteiger partial charge on any atom is 0.354 e. The van der Waals surface area contributed by atoms with Crippen LogP contribution in [-0.4, -0.2) is 37.2 Å². The van der Waals surface area contributed by atoms with Crippen molar-refractivity contribution in [2.24, 2.45) is 0 Å². The Balaban J connectivity index is 2.43. The van der Waals surface area contributed by atoms with Gasteiger partial charge in [-0.2, -0.15) is 0 Å². The molecular formula is C10H11NO4S2. The van der Waals surface area contributed by atoms with Gasteiger partial charge in [-0.25, -0.2) is 4.79 Å². The SMILES string of the molecule is CC=C1C(=O)N2C(C(=O)O)=C(S(=O)CC)SC12. The molecule has 0 aromatic carbocycles. The van der Waals surface area contributed by atoms with E-state index in [-0.39, 0.29) is 17.0 Å². The van der Waals surface area contributed by atoms with Gasteiger partial charge >= 0.3 is 5.97 Å². The number of thioether (sulfide) groups is 1. The molecular weight excluding hydrogens is 262 g/mol. The first kappa shape index (κ1) is 12.4. The van der Waals surface area contributed by atoms with Crippen LogP contribution < -0.4 is 0 Å². The fourth-order valence-electron chi connectivity index (χ4n) is 1.76. The Morgan fingerprint density at radius 3 is 2.76 bits per heavy atom. The molecule has 0 aromatic rings. The van der Waals surface area contributed by atoms with E-state index in [0.29, 0.717) is 15.6 Å². The molecule has 0 bridgehead atoms. The van der Waals surface area contributed by atoms with E-state index < -0.39 is 16.8 Å². The van der Waals surface area contributed by atoms with Gasteiger partial charge in [-0.3, -0.25) is 13.9 Å². The van der Waals surface area contributed by atoms with Gasteiger partial charge in [-0.05, 0) is 6.92 Å². The number of carboxylic acids is 1. The normalized spacial score (nSPS) is 27.2. The van der Waals surface area contributed by atoms with Gasteiger partial charge in [0.2, 0.25) is 0 Å². The van der Waals surface area contributed by atoms with Crippen LogP contribution in [0.4, 0.5) is 0 Å². The number of allylic oxidation sites excluding steroid dienone is 1. The molecule has 5 nitrogen and oxygen atoms in total. The summed E-state index contributed by atoms with van der Waals surface area (Å²) in [5.74, 6) is -1.15. The van der Waals surface area contributed by atoms with Gasteiger partial charge in [-0.15, -0.1) is 0 Å². The van der Waals surface area contributed by atoms with Gasteiger partial charge in [0.1, 0.15) is 9.61 Å². The van der Waals surface area contributed by atoms with Crippen LogP contribution in [-0.2, 0) is 20.4 Å². The lowest BCUT2D eigenvalue weighted by Crippen LogP contribution is -2.51. The molecule has 92 valence electrons. The number of hydrogen-bond acceptors (Lipinski definition) is 4. The standard InChI is InChI=1S/C10H11NO4S2/c1-3-5-7(12)11-6(9(13)14)10(16-8(5)11)17(15)4-2/h3,8H,4H2,1-2H3,(H,13,14). The van der Waals surface area contributed by atoms with E-state index in [2.05, 4.69) is 0 Å². The van der Waals surface area contributed by atoms with Gasteiger partial charge in [0.05, 0.1) is 10.8 Å². The Kier molecular flexibility index (Phi) is 3.13. The number of nitrogens with zero attached hydrogens (tertiary/aromatic N) is 1. The number of rotatable bonds is 3. The second-order valence-corrected chi connectivity index (χ2v) is 6.49. The number of carbonyl (C=O) groups is 2. The number of fused-ring (bicyclic) bond motifs is 1. The number of amides is 1. The van der Waals surface area contributed by atoms with Crippen LogP contribution in [0.15, 0.2) is 21.6 Å². The highest BCUT2D eigenvalue weighted by Crippen LogP contribution is 2.49. The van der Waals surface area contributed by atoms with Crippen LogP contribution in [0.25, 0.3) is 0 Å². The summed E-state index contributed by atoms with van der Waals surface area (Å²) in [6.45, 7) is 3.46. The number of carboxylic acid groups (broad SMARTS) is 1. The number of hydrogen-bond donors (Lipinski definition) is 1. The third-order valence-electron chi connectivity index (χ3n) is 2.60. The highest BCUT2D eigenvalue weighted by molar-refractivity contribution is 8.17. The van der Waals surface area contributed by atoms with Gasteiger partial charge in [0.15, 0.2) is 5.70 Å².